The fourth-order valence-electron chi connectivity index (χ4n) is 2.56. The smallest absolute Gasteiger partial charge is 0.227 e. The number of β-amino-alcohol motifs (C(OH)–C–C–N with tert-alkyl or cyclic N) is 1. The summed E-state index contributed by atoms with van der Waals surface area (Å²) in [5, 5.41) is 12.6. The first-order valence-corrected chi connectivity index (χ1v) is 7.61. The zero-order chi connectivity index (χ0) is 16.2. The van der Waals surface area contributed by atoms with Crippen LogP contribution in [0.2, 0.25) is 0 Å². The van der Waals surface area contributed by atoms with Crippen LogP contribution in [0.4, 0.5) is 17.7 Å². The third kappa shape index (κ3) is 3.65. The lowest BCUT2D eigenvalue weighted by Crippen LogP contribution is -2.24. The molecule has 0 bridgehead atoms. The summed E-state index contributed by atoms with van der Waals surface area (Å²) in [5.74, 6) is 2.09. The Morgan fingerprint density at radius 2 is 2.13 bits per heavy atom. The van der Waals surface area contributed by atoms with Crippen LogP contribution < -0.4 is 15.1 Å². The number of aliphatic hydroxyl groups is 1. The van der Waals surface area contributed by atoms with Crippen LogP contribution in [0.1, 0.15) is 12.0 Å². The van der Waals surface area contributed by atoms with Gasteiger partial charge in [-0.2, -0.15) is 4.98 Å². The fraction of sp³-hybridized carbons (Fsp3) is 0.467. The normalized spacial score (nSPS) is 17.3. The minimum atomic E-state index is -0.269. The minimum absolute atomic E-state index is 0.269. The first kappa shape index (κ1) is 15.4. The maximum absolute atomic E-state index is 9.66. The summed E-state index contributed by atoms with van der Waals surface area (Å²) < 4.78 is 0. The lowest BCUT2D eigenvalue weighted by atomic mass is 10.3. The minimum Gasteiger partial charge on any atom is -0.391 e. The van der Waals surface area contributed by atoms with Gasteiger partial charge in [-0.25, -0.2) is 15.0 Å². The van der Waals surface area contributed by atoms with Crippen LogP contribution in [0.15, 0.2) is 24.7 Å². The highest BCUT2D eigenvalue weighted by Gasteiger charge is 2.21. The van der Waals surface area contributed by atoms with Gasteiger partial charge >= 0.3 is 0 Å². The second kappa shape index (κ2) is 6.74. The van der Waals surface area contributed by atoms with Crippen molar-refractivity contribution in [2.75, 3.05) is 42.3 Å². The van der Waals surface area contributed by atoms with Crippen molar-refractivity contribution < 1.29 is 5.11 Å². The molecule has 3 rings (SSSR count). The van der Waals surface area contributed by atoms with Crippen LogP contribution in [0, 0.1) is 0 Å². The highest BCUT2D eigenvalue weighted by Crippen LogP contribution is 2.20. The van der Waals surface area contributed by atoms with Gasteiger partial charge in [0.2, 0.25) is 11.9 Å². The van der Waals surface area contributed by atoms with Crippen molar-refractivity contribution in [3.8, 4) is 0 Å². The molecule has 122 valence electrons. The molecule has 0 amide bonds. The van der Waals surface area contributed by atoms with Gasteiger partial charge in [-0.1, -0.05) is 0 Å². The lowest BCUT2D eigenvalue weighted by Gasteiger charge is -2.20. The van der Waals surface area contributed by atoms with Gasteiger partial charge in [-0.3, -0.25) is 0 Å². The Bertz CT molecular complexity index is 649. The van der Waals surface area contributed by atoms with E-state index in [9.17, 15) is 5.11 Å². The molecule has 0 aliphatic carbocycles. The summed E-state index contributed by atoms with van der Waals surface area (Å²) in [6, 6.07) is 1.88. The Morgan fingerprint density at radius 3 is 2.78 bits per heavy atom. The molecule has 1 saturated heterocycles. The number of hydrogen-bond acceptors (Lipinski definition) is 8. The van der Waals surface area contributed by atoms with Crippen molar-refractivity contribution >= 4 is 17.7 Å². The average molecular weight is 315 g/mol. The highest BCUT2D eigenvalue weighted by atomic mass is 16.3. The number of hydrogen-bond donors (Lipinski definition) is 2. The van der Waals surface area contributed by atoms with Crippen molar-refractivity contribution in [3.63, 3.8) is 0 Å². The second-order valence-corrected chi connectivity index (χ2v) is 5.62. The molecular weight excluding hydrogens is 294 g/mol. The summed E-state index contributed by atoms with van der Waals surface area (Å²) in [6.45, 7) is 2.07. The predicted octanol–water partition coefficient (Wildman–Crippen LogP) is 0.516. The average Bonchev–Trinajstić information content (AvgIpc) is 3.02. The van der Waals surface area contributed by atoms with Gasteiger partial charge in [0.05, 0.1) is 6.10 Å². The summed E-state index contributed by atoms with van der Waals surface area (Å²) in [4.78, 5) is 21.4. The molecular formula is C15H21N7O. The number of aliphatic hydroxyl groups excluding tert-OH is 1. The van der Waals surface area contributed by atoms with E-state index in [0.717, 1.165) is 24.3 Å². The third-order valence-electron chi connectivity index (χ3n) is 3.81. The molecule has 1 aliphatic rings. The molecule has 0 unspecified atom stereocenters. The molecule has 8 heteroatoms. The van der Waals surface area contributed by atoms with Crippen LogP contribution in [-0.2, 0) is 6.54 Å². The molecule has 0 radical (unpaired) electrons. The summed E-state index contributed by atoms with van der Waals surface area (Å²) in [5.41, 5.74) is 0.983. The number of nitrogens with one attached hydrogen (secondary N) is 1. The molecule has 0 aromatic carbocycles. The van der Waals surface area contributed by atoms with Crippen molar-refractivity contribution in [3.05, 3.63) is 30.2 Å². The van der Waals surface area contributed by atoms with Crippen molar-refractivity contribution in [2.45, 2.75) is 19.1 Å². The Balaban J connectivity index is 1.70. The van der Waals surface area contributed by atoms with E-state index in [4.69, 9.17) is 0 Å². The number of rotatable bonds is 5. The van der Waals surface area contributed by atoms with E-state index in [1.807, 2.05) is 18.0 Å². The Morgan fingerprint density at radius 1 is 1.35 bits per heavy atom. The van der Waals surface area contributed by atoms with E-state index in [1.165, 1.54) is 0 Å². The van der Waals surface area contributed by atoms with Gasteiger partial charge < -0.3 is 20.2 Å². The van der Waals surface area contributed by atoms with E-state index in [0.29, 0.717) is 25.0 Å². The van der Waals surface area contributed by atoms with E-state index >= 15 is 0 Å². The zero-order valence-corrected chi connectivity index (χ0v) is 13.3. The zero-order valence-electron chi connectivity index (χ0n) is 13.3. The van der Waals surface area contributed by atoms with Crippen LogP contribution in [-0.4, -0.2) is 58.3 Å². The topological polar surface area (TPSA) is 90.3 Å². The second-order valence-electron chi connectivity index (χ2n) is 5.62. The predicted molar refractivity (Wildman–Crippen MR) is 88.6 cm³/mol. The van der Waals surface area contributed by atoms with Gasteiger partial charge in [-0.05, 0) is 12.5 Å². The molecule has 23 heavy (non-hydrogen) atoms. The molecule has 0 spiro atoms. The quantitative estimate of drug-likeness (QED) is 0.825. The van der Waals surface area contributed by atoms with Crippen molar-refractivity contribution in [1.82, 2.24) is 19.9 Å². The molecule has 3 heterocycles. The van der Waals surface area contributed by atoms with Crippen LogP contribution in [0.3, 0.4) is 0 Å². The lowest BCUT2D eigenvalue weighted by molar-refractivity contribution is 0.198. The van der Waals surface area contributed by atoms with E-state index in [-0.39, 0.29) is 6.10 Å². The third-order valence-corrected chi connectivity index (χ3v) is 3.81. The molecule has 0 saturated carbocycles. The first-order chi connectivity index (χ1) is 11.2. The van der Waals surface area contributed by atoms with Crippen LogP contribution in [0.25, 0.3) is 0 Å². The van der Waals surface area contributed by atoms with Crippen LogP contribution in [0.5, 0.6) is 0 Å². The van der Waals surface area contributed by atoms with Gasteiger partial charge in [0, 0.05) is 57.9 Å². The maximum Gasteiger partial charge on any atom is 0.227 e. The molecule has 2 aromatic rings. The molecule has 2 N–H and O–H groups in total. The summed E-state index contributed by atoms with van der Waals surface area (Å²) in [7, 11) is 3.72. The van der Waals surface area contributed by atoms with Crippen LogP contribution >= 0.6 is 0 Å². The molecule has 1 fully saturated rings. The van der Waals surface area contributed by atoms with E-state index in [1.54, 1.807) is 25.6 Å². The molecule has 1 atom stereocenters. The van der Waals surface area contributed by atoms with Crippen molar-refractivity contribution in [2.24, 2.45) is 0 Å². The molecule has 8 nitrogen and oxygen atoms in total. The molecule has 1 aliphatic heterocycles. The van der Waals surface area contributed by atoms with Gasteiger partial charge in [0.15, 0.2) is 0 Å². The largest absolute Gasteiger partial charge is 0.391 e. The fourth-order valence-corrected chi connectivity index (χ4v) is 2.56. The van der Waals surface area contributed by atoms with Gasteiger partial charge in [0.1, 0.15) is 5.82 Å². The standard InChI is InChI=1S/C15H21N7O/c1-16-14-18-7-11(8-19-14)9-21(2)15-17-5-3-13(20-15)22-6-4-12(23)10-22/h3,5,7-8,12,23H,4,6,9-10H2,1-2H3,(H,16,18,19)/t12-/m0/s1. The van der Waals surface area contributed by atoms with Gasteiger partial charge in [-0.15, -0.1) is 0 Å². The number of aromatic nitrogens is 4. The maximum atomic E-state index is 9.66. The molecule has 2 aromatic heterocycles. The van der Waals surface area contributed by atoms with E-state index in [2.05, 4.69) is 30.2 Å². The highest BCUT2D eigenvalue weighted by molar-refractivity contribution is 5.44. The SMILES string of the molecule is CNc1ncc(CN(C)c2nccc(N3CC[C@H](O)C3)n2)cn1. The van der Waals surface area contributed by atoms with Crippen molar-refractivity contribution in [1.29, 1.82) is 0 Å². The summed E-state index contributed by atoms with van der Waals surface area (Å²) >= 11 is 0. The first-order valence-electron chi connectivity index (χ1n) is 7.61. The Hall–Kier alpha value is -2.48. The number of nitrogens with zero attached hydrogens (tertiary/aromatic N) is 6. The Labute approximate surface area is 135 Å². The Kier molecular flexibility index (Phi) is 4.52. The monoisotopic (exact) mass is 315 g/mol. The van der Waals surface area contributed by atoms with E-state index < -0.39 is 0 Å². The summed E-state index contributed by atoms with van der Waals surface area (Å²) in [6.07, 6.45) is 5.84. The van der Waals surface area contributed by atoms with Gasteiger partial charge in [0.25, 0.3) is 0 Å². The number of anilines is 3.